The molecule has 1 aromatic rings. The molecule has 0 aliphatic carbocycles. The van der Waals surface area contributed by atoms with E-state index in [2.05, 4.69) is 25.7 Å². The lowest BCUT2D eigenvalue weighted by Gasteiger charge is -2.34. The highest BCUT2D eigenvalue weighted by Gasteiger charge is 2.16. The maximum atomic E-state index is 13.3. The third-order valence-corrected chi connectivity index (χ3v) is 3.82. The quantitative estimate of drug-likeness (QED) is 0.781. The molecule has 0 N–H and O–H groups in total. The first-order chi connectivity index (χ1) is 8.67. The van der Waals surface area contributed by atoms with E-state index in [0.29, 0.717) is 5.88 Å². The molecule has 0 aromatic heterocycles. The Kier molecular flexibility index (Phi) is 5.42. The van der Waals surface area contributed by atoms with E-state index < -0.39 is 0 Å². The van der Waals surface area contributed by atoms with Crippen molar-refractivity contribution in [3.05, 3.63) is 34.1 Å². The number of halogens is 3. The van der Waals surface area contributed by atoms with Crippen LogP contribution in [0.25, 0.3) is 0 Å². The number of hydrogen-bond donors (Lipinski definition) is 0. The standard InChI is InChI=1S/C13H17BrClFN2/c14-12-7-11(8-13(16)9-12)10-18-5-3-17(2-1-15)4-6-18/h7-9H,1-6,10H2. The minimum absolute atomic E-state index is 0.180. The lowest BCUT2D eigenvalue weighted by Crippen LogP contribution is -2.46. The van der Waals surface area contributed by atoms with Gasteiger partial charge in [0.2, 0.25) is 0 Å². The molecule has 0 amide bonds. The zero-order chi connectivity index (χ0) is 13.0. The van der Waals surface area contributed by atoms with Crippen LogP contribution in [0.15, 0.2) is 22.7 Å². The zero-order valence-electron chi connectivity index (χ0n) is 10.2. The van der Waals surface area contributed by atoms with Gasteiger partial charge in [-0.3, -0.25) is 9.80 Å². The highest BCUT2D eigenvalue weighted by Crippen LogP contribution is 2.17. The van der Waals surface area contributed by atoms with Crippen molar-refractivity contribution in [2.45, 2.75) is 6.54 Å². The number of nitrogens with zero attached hydrogens (tertiary/aromatic N) is 2. The Labute approximate surface area is 121 Å². The van der Waals surface area contributed by atoms with E-state index in [1.54, 1.807) is 6.07 Å². The van der Waals surface area contributed by atoms with Crippen molar-refractivity contribution in [1.82, 2.24) is 9.80 Å². The van der Waals surface area contributed by atoms with Crippen molar-refractivity contribution in [3.8, 4) is 0 Å². The van der Waals surface area contributed by atoms with E-state index >= 15 is 0 Å². The Balaban J connectivity index is 1.87. The summed E-state index contributed by atoms with van der Waals surface area (Å²) in [7, 11) is 0. The fraction of sp³-hybridized carbons (Fsp3) is 0.538. The normalized spacial score (nSPS) is 18.2. The molecule has 100 valence electrons. The summed E-state index contributed by atoms with van der Waals surface area (Å²) in [5.74, 6) is 0.511. The molecule has 1 heterocycles. The minimum Gasteiger partial charge on any atom is -0.300 e. The molecule has 1 aromatic carbocycles. The first-order valence-electron chi connectivity index (χ1n) is 6.13. The average Bonchev–Trinajstić information content (AvgIpc) is 2.31. The number of piperazine rings is 1. The van der Waals surface area contributed by atoms with Gasteiger partial charge in [0.25, 0.3) is 0 Å². The lowest BCUT2D eigenvalue weighted by molar-refractivity contribution is 0.132. The minimum atomic E-state index is -0.180. The van der Waals surface area contributed by atoms with Gasteiger partial charge >= 0.3 is 0 Å². The van der Waals surface area contributed by atoms with Crippen LogP contribution < -0.4 is 0 Å². The molecule has 0 radical (unpaired) electrons. The van der Waals surface area contributed by atoms with Crippen LogP contribution in [-0.4, -0.2) is 48.4 Å². The van der Waals surface area contributed by atoms with Crippen molar-refractivity contribution in [3.63, 3.8) is 0 Å². The second-order valence-electron chi connectivity index (χ2n) is 4.58. The number of alkyl halides is 1. The number of rotatable bonds is 4. The maximum absolute atomic E-state index is 13.3. The average molecular weight is 336 g/mol. The molecule has 1 aliphatic rings. The van der Waals surface area contributed by atoms with Crippen LogP contribution in [0.3, 0.4) is 0 Å². The van der Waals surface area contributed by atoms with Crippen molar-refractivity contribution in [1.29, 1.82) is 0 Å². The van der Waals surface area contributed by atoms with Gasteiger partial charge in [-0.1, -0.05) is 15.9 Å². The second kappa shape index (κ2) is 6.85. The van der Waals surface area contributed by atoms with Gasteiger partial charge in [-0.15, -0.1) is 11.6 Å². The van der Waals surface area contributed by atoms with Crippen molar-refractivity contribution in [2.75, 3.05) is 38.6 Å². The fourth-order valence-corrected chi connectivity index (χ4v) is 3.00. The zero-order valence-corrected chi connectivity index (χ0v) is 12.6. The largest absolute Gasteiger partial charge is 0.300 e. The van der Waals surface area contributed by atoms with Gasteiger partial charge in [0.05, 0.1) is 0 Å². The molecular formula is C13H17BrClFN2. The highest BCUT2D eigenvalue weighted by atomic mass is 79.9. The summed E-state index contributed by atoms with van der Waals surface area (Å²) < 4.78 is 14.1. The van der Waals surface area contributed by atoms with Crippen molar-refractivity contribution >= 4 is 27.5 Å². The van der Waals surface area contributed by atoms with E-state index in [-0.39, 0.29) is 5.82 Å². The predicted octanol–water partition coefficient (Wildman–Crippen LogP) is 2.94. The Bertz CT molecular complexity index is 374. The first-order valence-corrected chi connectivity index (χ1v) is 7.46. The molecule has 1 fully saturated rings. The lowest BCUT2D eigenvalue weighted by atomic mass is 10.2. The van der Waals surface area contributed by atoms with Crippen molar-refractivity contribution < 1.29 is 4.39 Å². The molecular weight excluding hydrogens is 319 g/mol. The van der Waals surface area contributed by atoms with E-state index in [1.807, 2.05) is 6.07 Å². The second-order valence-corrected chi connectivity index (χ2v) is 5.88. The molecule has 0 saturated carbocycles. The van der Waals surface area contributed by atoms with Gasteiger partial charge in [-0.2, -0.15) is 0 Å². The maximum Gasteiger partial charge on any atom is 0.124 e. The van der Waals surface area contributed by atoms with Crippen LogP contribution in [-0.2, 0) is 6.54 Å². The summed E-state index contributed by atoms with van der Waals surface area (Å²) in [5, 5.41) is 0. The summed E-state index contributed by atoms with van der Waals surface area (Å²) in [5.41, 5.74) is 1.02. The molecule has 5 heteroatoms. The van der Waals surface area contributed by atoms with Gasteiger partial charge in [0.15, 0.2) is 0 Å². The molecule has 0 bridgehead atoms. The summed E-state index contributed by atoms with van der Waals surface area (Å²) in [6, 6.07) is 5.08. The van der Waals surface area contributed by atoms with E-state index in [1.165, 1.54) is 6.07 Å². The molecule has 1 aliphatic heterocycles. The fourth-order valence-electron chi connectivity index (χ4n) is 2.25. The SMILES string of the molecule is Fc1cc(Br)cc(CN2CCN(CCCl)CC2)c1. The molecule has 1 saturated heterocycles. The third kappa shape index (κ3) is 4.19. The molecule has 2 nitrogen and oxygen atoms in total. The summed E-state index contributed by atoms with van der Waals surface area (Å²) in [4.78, 5) is 4.72. The summed E-state index contributed by atoms with van der Waals surface area (Å²) >= 11 is 9.06. The number of hydrogen-bond acceptors (Lipinski definition) is 2. The summed E-state index contributed by atoms with van der Waals surface area (Å²) in [6.07, 6.45) is 0. The molecule has 18 heavy (non-hydrogen) atoms. The van der Waals surface area contributed by atoms with Crippen LogP contribution in [0.1, 0.15) is 5.56 Å². The topological polar surface area (TPSA) is 6.48 Å². The Morgan fingerprint density at radius 2 is 1.78 bits per heavy atom. The molecule has 0 unspecified atom stereocenters. The van der Waals surface area contributed by atoms with Gasteiger partial charge in [0.1, 0.15) is 5.82 Å². The summed E-state index contributed by atoms with van der Waals surface area (Å²) in [6.45, 7) is 5.90. The van der Waals surface area contributed by atoms with Crippen LogP contribution in [0, 0.1) is 5.82 Å². The highest BCUT2D eigenvalue weighted by molar-refractivity contribution is 9.10. The predicted molar refractivity (Wildman–Crippen MR) is 76.5 cm³/mol. The Morgan fingerprint density at radius 1 is 1.11 bits per heavy atom. The molecule has 0 spiro atoms. The monoisotopic (exact) mass is 334 g/mol. The van der Waals surface area contributed by atoms with Gasteiger partial charge < -0.3 is 0 Å². The number of benzene rings is 1. The first kappa shape index (κ1) is 14.3. The molecule has 2 rings (SSSR count). The van der Waals surface area contributed by atoms with Crippen molar-refractivity contribution in [2.24, 2.45) is 0 Å². The van der Waals surface area contributed by atoms with Crippen LogP contribution in [0.4, 0.5) is 4.39 Å². The van der Waals surface area contributed by atoms with Gasteiger partial charge in [0, 0.05) is 49.6 Å². The van der Waals surface area contributed by atoms with E-state index in [0.717, 1.165) is 49.3 Å². The van der Waals surface area contributed by atoms with Crippen LogP contribution >= 0.6 is 27.5 Å². The van der Waals surface area contributed by atoms with E-state index in [9.17, 15) is 4.39 Å². The molecule has 0 atom stereocenters. The van der Waals surface area contributed by atoms with Crippen LogP contribution in [0.2, 0.25) is 0 Å². The third-order valence-electron chi connectivity index (χ3n) is 3.19. The Hall–Kier alpha value is -0.160. The van der Waals surface area contributed by atoms with Crippen LogP contribution in [0.5, 0.6) is 0 Å². The van der Waals surface area contributed by atoms with Gasteiger partial charge in [-0.05, 0) is 23.8 Å². The smallest absolute Gasteiger partial charge is 0.124 e. The van der Waals surface area contributed by atoms with Gasteiger partial charge in [-0.25, -0.2) is 4.39 Å². The van der Waals surface area contributed by atoms with E-state index in [4.69, 9.17) is 11.6 Å². The Morgan fingerprint density at radius 3 is 2.39 bits per heavy atom.